The zero-order chi connectivity index (χ0) is 18.8. The highest BCUT2D eigenvalue weighted by Gasteiger charge is 2.21. The van der Waals surface area contributed by atoms with Crippen molar-refractivity contribution in [3.05, 3.63) is 68.2 Å². The Bertz CT molecular complexity index is 926. The minimum Gasteiger partial charge on any atom is -0.337 e. The third kappa shape index (κ3) is 4.86. The highest BCUT2D eigenvalue weighted by Crippen LogP contribution is 2.22. The quantitative estimate of drug-likeness (QED) is 0.540. The molecular weight excluding hydrogens is 412 g/mol. The number of halogens is 1. The number of hydrogen-bond donors (Lipinski definition) is 0. The lowest BCUT2D eigenvalue weighted by atomic mass is 10.1. The Labute approximate surface area is 153 Å². The van der Waals surface area contributed by atoms with Gasteiger partial charge in [0.15, 0.2) is 9.84 Å². The van der Waals surface area contributed by atoms with Gasteiger partial charge in [0.1, 0.15) is 0 Å². The Morgan fingerprint density at radius 2 is 1.80 bits per heavy atom. The number of nitro benzene ring substituents is 1. The fraction of sp³-hybridized carbons (Fsp3) is 0.188. The van der Waals surface area contributed by atoms with Gasteiger partial charge in [-0.2, -0.15) is 0 Å². The number of amides is 1. The maximum absolute atomic E-state index is 12.6. The summed E-state index contributed by atoms with van der Waals surface area (Å²) < 4.78 is 24.4. The van der Waals surface area contributed by atoms with Gasteiger partial charge < -0.3 is 4.90 Å². The summed E-state index contributed by atoms with van der Waals surface area (Å²) in [7, 11) is -2.14. The van der Waals surface area contributed by atoms with Gasteiger partial charge in [-0.05, 0) is 23.8 Å². The molecule has 2 aromatic rings. The van der Waals surface area contributed by atoms with Gasteiger partial charge in [0.05, 0.1) is 9.82 Å². The van der Waals surface area contributed by atoms with Gasteiger partial charge in [-0.25, -0.2) is 8.42 Å². The van der Waals surface area contributed by atoms with E-state index in [2.05, 4.69) is 15.9 Å². The maximum Gasteiger partial charge on any atom is 0.271 e. The highest BCUT2D eigenvalue weighted by atomic mass is 79.9. The van der Waals surface area contributed by atoms with E-state index in [1.807, 2.05) is 24.3 Å². The summed E-state index contributed by atoms with van der Waals surface area (Å²) in [5.74, 6) is -0.503. The third-order valence-electron chi connectivity index (χ3n) is 3.46. The van der Waals surface area contributed by atoms with Crippen LogP contribution in [0.1, 0.15) is 15.9 Å². The normalized spacial score (nSPS) is 11.2. The van der Waals surface area contributed by atoms with Crippen LogP contribution >= 0.6 is 15.9 Å². The molecule has 0 aliphatic rings. The van der Waals surface area contributed by atoms with E-state index in [0.29, 0.717) is 0 Å². The molecule has 0 N–H and O–H groups in total. The molecule has 0 fully saturated rings. The molecule has 0 radical (unpaired) electrons. The van der Waals surface area contributed by atoms with Crippen molar-refractivity contribution in [1.29, 1.82) is 0 Å². The Morgan fingerprint density at radius 3 is 2.32 bits per heavy atom. The van der Waals surface area contributed by atoms with Gasteiger partial charge in [0.25, 0.3) is 11.6 Å². The van der Waals surface area contributed by atoms with Gasteiger partial charge in [-0.1, -0.05) is 28.1 Å². The van der Waals surface area contributed by atoms with E-state index in [9.17, 15) is 23.3 Å². The Kier molecular flexibility index (Phi) is 5.58. The zero-order valence-electron chi connectivity index (χ0n) is 13.5. The number of carbonyl (C=O) groups is 1. The molecule has 0 spiro atoms. The molecule has 0 atom stereocenters. The summed E-state index contributed by atoms with van der Waals surface area (Å²) in [6.07, 6.45) is 0.936. The van der Waals surface area contributed by atoms with Crippen LogP contribution in [0.5, 0.6) is 0 Å². The Hall–Kier alpha value is -2.26. The molecule has 0 bridgehead atoms. The lowest BCUT2D eigenvalue weighted by molar-refractivity contribution is -0.385. The van der Waals surface area contributed by atoms with E-state index in [-0.39, 0.29) is 17.0 Å². The van der Waals surface area contributed by atoms with Gasteiger partial charge in [0.2, 0.25) is 0 Å². The maximum atomic E-state index is 12.6. The number of carbonyl (C=O) groups excluding carboxylic acids is 1. The van der Waals surface area contributed by atoms with Crippen LogP contribution in [0, 0.1) is 10.1 Å². The summed E-state index contributed by atoms with van der Waals surface area (Å²) in [5.41, 5.74) is 0.380. The van der Waals surface area contributed by atoms with Gasteiger partial charge >= 0.3 is 0 Å². The monoisotopic (exact) mass is 426 g/mol. The summed E-state index contributed by atoms with van der Waals surface area (Å²) in [4.78, 5) is 24.0. The molecule has 0 aliphatic carbocycles. The molecule has 25 heavy (non-hydrogen) atoms. The Morgan fingerprint density at radius 1 is 1.20 bits per heavy atom. The summed E-state index contributed by atoms with van der Waals surface area (Å²) in [5, 5.41) is 11.0. The molecular formula is C16H15BrN2O5S. The predicted octanol–water partition coefficient (Wildman–Crippen LogP) is 3.03. The molecule has 0 saturated heterocycles. The van der Waals surface area contributed by atoms with Crippen molar-refractivity contribution in [2.24, 2.45) is 0 Å². The van der Waals surface area contributed by atoms with Crippen molar-refractivity contribution in [2.45, 2.75) is 11.4 Å². The molecule has 0 unspecified atom stereocenters. The van der Waals surface area contributed by atoms with Crippen LogP contribution in [-0.2, 0) is 16.4 Å². The van der Waals surface area contributed by atoms with Crippen LogP contribution in [0.15, 0.2) is 51.8 Å². The highest BCUT2D eigenvalue weighted by molar-refractivity contribution is 9.10. The first-order valence-corrected chi connectivity index (χ1v) is 9.76. The lowest BCUT2D eigenvalue weighted by Crippen LogP contribution is -2.26. The second-order valence-electron chi connectivity index (χ2n) is 5.53. The predicted molar refractivity (Wildman–Crippen MR) is 96.1 cm³/mol. The first kappa shape index (κ1) is 19.1. The molecule has 0 aromatic heterocycles. The fourth-order valence-electron chi connectivity index (χ4n) is 2.18. The van der Waals surface area contributed by atoms with E-state index in [1.54, 1.807) is 7.05 Å². The van der Waals surface area contributed by atoms with Crippen LogP contribution < -0.4 is 0 Å². The standard InChI is InChI=1S/C16H15BrN2O5S/c1-18(10-11-3-5-13(17)6-4-11)16(20)12-7-14(19(21)22)9-15(8-12)25(2,23)24/h3-9H,10H2,1-2H3. The minimum atomic E-state index is -3.68. The van der Waals surface area contributed by atoms with Gasteiger partial charge in [-0.15, -0.1) is 0 Å². The molecule has 132 valence electrons. The third-order valence-corrected chi connectivity index (χ3v) is 5.08. The second-order valence-corrected chi connectivity index (χ2v) is 8.46. The van der Waals surface area contributed by atoms with Crippen molar-refractivity contribution in [3.8, 4) is 0 Å². The van der Waals surface area contributed by atoms with Crippen molar-refractivity contribution >= 4 is 37.4 Å². The van der Waals surface area contributed by atoms with E-state index in [1.165, 1.54) is 4.90 Å². The average molecular weight is 427 g/mol. The van der Waals surface area contributed by atoms with E-state index < -0.39 is 26.4 Å². The molecule has 2 aromatic carbocycles. The number of sulfone groups is 1. The molecule has 1 amide bonds. The first-order valence-electron chi connectivity index (χ1n) is 7.07. The Balaban J connectivity index is 2.35. The van der Waals surface area contributed by atoms with Gasteiger partial charge in [-0.3, -0.25) is 14.9 Å². The van der Waals surface area contributed by atoms with Crippen LogP contribution in [0.4, 0.5) is 5.69 Å². The SMILES string of the molecule is CN(Cc1ccc(Br)cc1)C(=O)c1cc([N+](=O)[O-])cc(S(C)(=O)=O)c1. The van der Waals surface area contributed by atoms with Crippen molar-refractivity contribution in [3.63, 3.8) is 0 Å². The van der Waals surface area contributed by atoms with Crippen LogP contribution in [0.3, 0.4) is 0 Å². The van der Waals surface area contributed by atoms with Gasteiger partial charge in [0, 0.05) is 42.0 Å². The zero-order valence-corrected chi connectivity index (χ0v) is 15.9. The number of nitro groups is 1. The molecule has 0 saturated carbocycles. The van der Waals surface area contributed by atoms with Crippen molar-refractivity contribution < 1.29 is 18.1 Å². The number of benzene rings is 2. The fourth-order valence-corrected chi connectivity index (χ4v) is 3.12. The number of nitrogens with zero attached hydrogens (tertiary/aromatic N) is 2. The van der Waals surface area contributed by atoms with Crippen LogP contribution in [0.2, 0.25) is 0 Å². The molecule has 0 heterocycles. The lowest BCUT2D eigenvalue weighted by Gasteiger charge is -2.17. The number of non-ortho nitro benzene ring substituents is 1. The van der Waals surface area contributed by atoms with Crippen LogP contribution in [-0.4, -0.2) is 37.5 Å². The molecule has 0 aliphatic heterocycles. The van der Waals surface area contributed by atoms with E-state index in [0.717, 1.165) is 34.5 Å². The average Bonchev–Trinajstić information content (AvgIpc) is 2.55. The minimum absolute atomic E-state index is 0.0470. The number of hydrogen-bond acceptors (Lipinski definition) is 5. The molecule has 9 heteroatoms. The first-order chi connectivity index (χ1) is 11.6. The largest absolute Gasteiger partial charge is 0.337 e. The van der Waals surface area contributed by atoms with Crippen molar-refractivity contribution in [1.82, 2.24) is 4.90 Å². The smallest absolute Gasteiger partial charge is 0.271 e. The summed E-state index contributed by atoms with van der Waals surface area (Å²) in [6, 6.07) is 10.5. The van der Waals surface area contributed by atoms with E-state index in [4.69, 9.17) is 0 Å². The van der Waals surface area contributed by atoms with E-state index >= 15 is 0 Å². The topological polar surface area (TPSA) is 97.6 Å². The summed E-state index contributed by atoms with van der Waals surface area (Å²) >= 11 is 3.32. The summed E-state index contributed by atoms with van der Waals surface area (Å²) in [6.45, 7) is 0.281. The molecule has 7 nitrogen and oxygen atoms in total. The second kappa shape index (κ2) is 7.32. The van der Waals surface area contributed by atoms with Crippen LogP contribution in [0.25, 0.3) is 0 Å². The van der Waals surface area contributed by atoms with Crippen molar-refractivity contribution in [2.75, 3.05) is 13.3 Å². The molecule has 2 rings (SSSR count). The number of rotatable bonds is 5.